The quantitative estimate of drug-likeness (QED) is 0.792. The Hall–Kier alpha value is -1.92. The Morgan fingerprint density at radius 3 is 2.45 bits per heavy atom. The van der Waals surface area contributed by atoms with Gasteiger partial charge < -0.3 is 14.9 Å². The van der Waals surface area contributed by atoms with Crippen LogP contribution in [0.3, 0.4) is 0 Å². The van der Waals surface area contributed by atoms with Gasteiger partial charge in [0.1, 0.15) is 0 Å². The van der Waals surface area contributed by atoms with Gasteiger partial charge in [-0.3, -0.25) is 14.5 Å². The van der Waals surface area contributed by atoms with Crippen LogP contribution in [0.5, 0.6) is 0 Å². The van der Waals surface area contributed by atoms with Crippen molar-refractivity contribution in [1.29, 1.82) is 0 Å². The summed E-state index contributed by atoms with van der Waals surface area (Å²) in [5, 5.41) is 9.19. The number of benzene rings is 1. The van der Waals surface area contributed by atoms with E-state index in [2.05, 4.69) is 42.8 Å². The maximum Gasteiger partial charge on any atom is 0.303 e. The molecule has 29 heavy (non-hydrogen) atoms. The molecule has 2 aliphatic heterocycles. The molecular formula is C23H35N3O3. The molecule has 160 valence electrons. The largest absolute Gasteiger partial charge is 0.481 e. The molecule has 0 spiro atoms. The van der Waals surface area contributed by atoms with Crippen LogP contribution >= 0.6 is 0 Å². The molecule has 6 nitrogen and oxygen atoms in total. The average molecular weight is 402 g/mol. The van der Waals surface area contributed by atoms with Crippen LogP contribution in [0.25, 0.3) is 0 Å². The van der Waals surface area contributed by atoms with Gasteiger partial charge in [0, 0.05) is 51.7 Å². The topological polar surface area (TPSA) is 64.1 Å². The van der Waals surface area contributed by atoms with Crippen molar-refractivity contribution in [2.45, 2.75) is 45.6 Å². The van der Waals surface area contributed by atoms with E-state index < -0.39 is 5.97 Å². The maximum atomic E-state index is 13.0. The van der Waals surface area contributed by atoms with Crippen molar-refractivity contribution >= 4 is 11.9 Å². The maximum absolute atomic E-state index is 13.0. The van der Waals surface area contributed by atoms with Gasteiger partial charge in [-0.25, -0.2) is 0 Å². The molecule has 6 heteroatoms. The second-order valence-electron chi connectivity index (χ2n) is 8.82. The predicted molar refractivity (Wildman–Crippen MR) is 114 cm³/mol. The molecule has 2 aliphatic rings. The van der Waals surface area contributed by atoms with Crippen LogP contribution in [0.2, 0.25) is 0 Å². The van der Waals surface area contributed by atoms with Gasteiger partial charge in [-0.1, -0.05) is 18.2 Å². The van der Waals surface area contributed by atoms with Crippen LogP contribution in [0.15, 0.2) is 18.2 Å². The molecule has 0 radical (unpaired) electrons. The highest BCUT2D eigenvalue weighted by atomic mass is 16.4. The molecule has 2 atom stereocenters. The Morgan fingerprint density at radius 1 is 1.07 bits per heavy atom. The summed E-state index contributed by atoms with van der Waals surface area (Å²) in [7, 11) is 2.15. The monoisotopic (exact) mass is 401 g/mol. The van der Waals surface area contributed by atoms with Crippen molar-refractivity contribution in [3.63, 3.8) is 0 Å². The van der Waals surface area contributed by atoms with Crippen molar-refractivity contribution in [2.24, 2.45) is 5.92 Å². The number of hydrogen-bond acceptors (Lipinski definition) is 4. The fourth-order valence-electron chi connectivity index (χ4n) is 4.67. The third-order valence-electron chi connectivity index (χ3n) is 6.71. The number of rotatable bonds is 6. The number of aryl methyl sites for hydroxylation is 2. The highest BCUT2D eigenvalue weighted by Gasteiger charge is 2.35. The van der Waals surface area contributed by atoms with E-state index in [1.165, 1.54) is 11.1 Å². The lowest BCUT2D eigenvalue weighted by Crippen LogP contribution is -2.57. The summed E-state index contributed by atoms with van der Waals surface area (Å²) < 4.78 is 0. The second-order valence-corrected chi connectivity index (χ2v) is 8.82. The number of amides is 1. The third-order valence-corrected chi connectivity index (χ3v) is 6.71. The number of nitrogens with zero attached hydrogens (tertiary/aromatic N) is 3. The molecule has 1 amide bonds. The molecule has 0 aliphatic carbocycles. The van der Waals surface area contributed by atoms with Crippen LogP contribution in [0.1, 0.15) is 36.0 Å². The predicted octanol–water partition coefficient (Wildman–Crippen LogP) is 2.18. The first-order valence-corrected chi connectivity index (χ1v) is 10.8. The van der Waals surface area contributed by atoms with Crippen LogP contribution in [0, 0.1) is 19.8 Å². The number of piperazine rings is 1. The Bertz CT molecular complexity index is 728. The molecule has 1 aromatic rings. The summed E-state index contributed by atoms with van der Waals surface area (Å²) in [5.41, 5.74) is 3.51. The van der Waals surface area contributed by atoms with Crippen LogP contribution in [0.4, 0.5) is 0 Å². The zero-order valence-electron chi connectivity index (χ0n) is 18.1. The van der Waals surface area contributed by atoms with Gasteiger partial charge in [0.05, 0.1) is 6.42 Å². The van der Waals surface area contributed by atoms with Gasteiger partial charge in [-0.15, -0.1) is 0 Å². The summed E-state index contributed by atoms with van der Waals surface area (Å²) in [4.78, 5) is 31.0. The normalized spacial score (nSPS) is 23.9. The van der Waals surface area contributed by atoms with E-state index in [0.717, 1.165) is 44.7 Å². The molecule has 2 fully saturated rings. The van der Waals surface area contributed by atoms with Crippen LogP contribution in [-0.2, 0) is 16.0 Å². The fourth-order valence-corrected chi connectivity index (χ4v) is 4.67. The molecular weight excluding hydrogens is 366 g/mol. The van der Waals surface area contributed by atoms with Crippen molar-refractivity contribution < 1.29 is 14.7 Å². The summed E-state index contributed by atoms with van der Waals surface area (Å²) in [5.74, 6) is -0.363. The van der Waals surface area contributed by atoms with Gasteiger partial charge in [-0.05, 0) is 56.3 Å². The van der Waals surface area contributed by atoms with Gasteiger partial charge in [-0.2, -0.15) is 0 Å². The third kappa shape index (κ3) is 5.80. The van der Waals surface area contributed by atoms with E-state index in [0.29, 0.717) is 25.4 Å². The van der Waals surface area contributed by atoms with E-state index >= 15 is 0 Å². The van der Waals surface area contributed by atoms with Crippen molar-refractivity contribution in [3.8, 4) is 0 Å². The lowest BCUT2D eigenvalue weighted by Gasteiger charge is -2.46. The van der Waals surface area contributed by atoms with Crippen molar-refractivity contribution in [2.75, 3.05) is 46.3 Å². The second kappa shape index (κ2) is 9.72. The molecule has 0 bridgehead atoms. The van der Waals surface area contributed by atoms with Crippen LogP contribution < -0.4 is 0 Å². The van der Waals surface area contributed by atoms with E-state index in [1.54, 1.807) is 0 Å². The molecule has 0 aromatic heterocycles. The number of carboxylic acid groups (broad SMARTS) is 1. The molecule has 2 saturated heterocycles. The lowest BCUT2D eigenvalue weighted by molar-refractivity contribution is -0.137. The van der Waals surface area contributed by atoms with E-state index in [4.69, 9.17) is 0 Å². The summed E-state index contributed by atoms with van der Waals surface area (Å²) >= 11 is 0. The number of carbonyl (C=O) groups is 2. The zero-order chi connectivity index (χ0) is 21.0. The van der Waals surface area contributed by atoms with E-state index in [1.807, 2.05) is 11.0 Å². The van der Waals surface area contributed by atoms with Gasteiger partial charge in [0.15, 0.2) is 0 Å². The highest BCUT2D eigenvalue weighted by molar-refractivity contribution is 5.79. The number of likely N-dealkylation sites (tertiary alicyclic amines) is 1. The minimum atomic E-state index is -0.749. The Kier molecular flexibility index (Phi) is 7.30. The zero-order valence-corrected chi connectivity index (χ0v) is 18.1. The Balaban J connectivity index is 1.64. The number of piperidine rings is 1. The minimum absolute atomic E-state index is 0.158. The minimum Gasteiger partial charge on any atom is -0.481 e. The molecule has 2 heterocycles. The first-order valence-electron chi connectivity index (χ1n) is 10.8. The molecule has 3 rings (SSSR count). The average Bonchev–Trinajstić information content (AvgIpc) is 2.69. The molecule has 1 N–H and O–H groups in total. The Morgan fingerprint density at radius 2 is 1.79 bits per heavy atom. The van der Waals surface area contributed by atoms with Crippen molar-refractivity contribution in [1.82, 2.24) is 14.7 Å². The molecule has 1 aromatic carbocycles. The first kappa shape index (κ1) is 21.8. The number of carbonyl (C=O) groups excluding carboxylic acids is 1. The van der Waals surface area contributed by atoms with Crippen LogP contribution in [-0.4, -0.2) is 84.0 Å². The lowest BCUT2D eigenvalue weighted by atomic mass is 9.86. The standard InChI is InChI=1S/C23H35N3O3/c1-17-4-5-19(14-18(17)2)15-22(27)26-9-8-21(20(16-26)6-7-23(28)29)25-12-10-24(3)11-13-25/h4-5,14,20-21H,6-13,15-16H2,1-3H3,(H,28,29)/t20-,21+/m0/s1. The van der Waals surface area contributed by atoms with Crippen molar-refractivity contribution in [3.05, 3.63) is 34.9 Å². The molecule has 0 saturated carbocycles. The highest BCUT2D eigenvalue weighted by Crippen LogP contribution is 2.28. The number of aliphatic carboxylic acids is 1. The fraction of sp³-hybridized carbons (Fsp3) is 0.652. The summed E-state index contributed by atoms with van der Waals surface area (Å²) in [6.07, 6.45) is 2.17. The number of likely N-dealkylation sites (N-methyl/N-ethyl adjacent to an activating group) is 1. The first-order chi connectivity index (χ1) is 13.8. The number of hydrogen-bond donors (Lipinski definition) is 1. The number of carboxylic acids is 1. The van der Waals surface area contributed by atoms with E-state index in [-0.39, 0.29) is 18.2 Å². The summed E-state index contributed by atoms with van der Waals surface area (Å²) in [6, 6.07) is 6.60. The Labute approximate surface area is 174 Å². The summed E-state index contributed by atoms with van der Waals surface area (Å²) in [6.45, 7) is 9.76. The van der Waals surface area contributed by atoms with Gasteiger partial charge in [0.2, 0.25) is 5.91 Å². The smallest absolute Gasteiger partial charge is 0.303 e. The molecule has 0 unspecified atom stereocenters. The van der Waals surface area contributed by atoms with E-state index in [9.17, 15) is 14.7 Å². The SMILES string of the molecule is Cc1ccc(CC(=O)N2CC[C@@H](N3CCN(C)CC3)[C@@H](CCC(=O)O)C2)cc1C. The van der Waals surface area contributed by atoms with Gasteiger partial charge >= 0.3 is 5.97 Å². The van der Waals surface area contributed by atoms with Gasteiger partial charge in [0.25, 0.3) is 0 Å².